The molecule has 10 heteroatoms. The maximum Gasteiger partial charge on any atom is 0.254 e. The summed E-state index contributed by atoms with van der Waals surface area (Å²) in [6, 6.07) is 11.8. The second kappa shape index (κ2) is 11.2. The lowest BCUT2D eigenvalue weighted by atomic mass is 10.0. The van der Waals surface area contributed by atoms with Crippen LogP contribution >= 0.6 is 0 Å². The van der Waals surface area contributed by atoms with Gasteiger partial charge < -0.3 is 34.2 Å². The third-order valence-corrected chi connectivity index (χ3v) is 6.66. The number of carbonyl (C=O) groups is 3. The van der Waals surface area contributed by atoms with Crippen LogP contribution in [0.1, 0.15) is 16.8 Å². The Morgan fingerprint density at radius 3 is 2.22 bits per heavy atom. The Morgan fingerprint density at radius 2 is 1.58 bits per heavy atom. The molecule has 0 radical (unpaired) electrons. The Labute approximate surface area is 210 Å². The molecule has 10 nitrogen and oxygen atoms in total. The van der Waals surface area contributed by atoms with Crippen molar-refractivity contribution in [2.45, 2.75) is 12.5 Å². The number of amides is 3. The fraction of sp³-hybridized carbons (Fsp3) is 0.423. The Balaban J connectivity index is 1.41. The third kappa shape index (κ3) is 5.32. The lowest BCUT2D eigenvalue weighted by Crippen LogP contribution is -2.59. The van der Waals surface area contributed by atoms with Gasteiger partial charge in [0, 0.05) is 50.5 Å². The molecule has 2 saturated heterocycles. The highest BCUT2D eigenvalue weighted by molar-refractivity contribution is 6.00. The monoisotopic (exact) mass is 496 g/mol. The normalized spacial score (nSPS) is 17.9. The second-order valence-electron chi connectivity index (χ2n) is 8.65. The summed E-state index contributed by atoms with van der Waals surface area (Å²) in [7, 11) is 4.65. The average Bonchev–Trinajstić information content (AvgIpc) is 2.93. The molecule has 2 fully saturated rings. The van der Waals surface area contributed by atoms with Gasteiger partial charge in [-0.15, -0.1) is 0 Å². The van der Waals surface area contributed by atoms with Crippen molar-refractivity contribution < 1.29 is 28.6 Å². The van der Waals surface area contributed by atoms with Gasteiger partial charge >= 0.3 is 0 Å². The van der Waals surface area contributed by atoms with Crippen LogP contribution in [0, 0.1) is 0 Å². The molecule has 36 heavy (non-hydrogen) atoms. The number of hydrogen-bond acceptors (Lipinski definition) is 7. The largest absolute Gasteiger partial charge is 0.497 e. The number of hydrogen-bond donors (Lipinski definition) is 1. The van der Waals surface area contributed by atoms with Crippen LogP contribution in [0.5, 0.6) is 17.2 Å². The first-order chi connectivity index (χ1) is 17.4. The Morgan fingerprint density at radius 1 is 0.889 bits per heavy atom. The van der Waals surface area contributed by atoms with Crippen molar-refractivity contribution in [1.82, 2.24) is 15.1 Å². The molecule has 192 valence electrons. The standard InChI is InChI=1S/C26H32N4O6/c1-34-20-7-5-19(6-8-20)28-12-14-29(15-13-28)24(31)17-21-25(32)27-10-11-30(21)26(33)18-4-9-22(35-2)23(16-18)36-3/h4-9,16,21H,10-15,17H2,1-3H3,(H,27,32)/t21-/m0/s1. The topological polar surface area (TPSA) is 101 Å². The molecule has 2 heterocycles. The molecule has 0 aromatic heterocycles. The van der Waals surface area contributed by atoms with Gasteiger partial charge in [0.05, 0.1) is 27.8 Å². The number of anilines is 1. The van der Waals surface area contributed by atoms with E-state index in [1.54, 1.807) is 30.2 Å². The molecule has 0 spiro atoms. The summed E-state index contributed by atoms with van der Waals surface area (Å²) in [5.41, 5.74) is 1.44. The van der Waals surface area contributed by atoms with E-state index in [4.69, 9.17) is 14.2 Å². The minimum atomic E-state index is -0.869. The van der Waals surface area contributed by atoms with Gasteiger partial charge in [-0.05, 0) is 42.5 Å². The average molecular weight is 497 g/mol. The molecule has 3 amide bonds. The predicted molar refractivity (Wildman–Crippen MR) is 134 cm³/mol. The number of carbonyl (C=O) groups excluding carboxylic acids is 3. The highest BCUT2D eigenvalue weighted by Crippen LogP contribution is 2.29. The molecular formula is C26H32N4O6. The second-order valence-corrected chi connectivity index (χ2v) is 8.65. The van der Waals surface area contributed by atoms with Crippen LogP contribution in [0.25, 0.3) is 0 Å². The summed E-state index contributed by atoms with van der Waals surface area (Å²) in [5, 5.41) is 2.79. The first-order valence-corrected chi connectivity index (χ1v) is 11.9. The number of nitrogens with zero attached hydrogens (tertiary/aromatic N) is 3. The molecule has 2 aromatic carbocycles. The number of ether oxygens (including phenoxy) is 3. The molecule has 0 aliphatic carbocycles. The van der Waals surface area contributed by atoms with Crippen molar-refractivity contribution in [2.75, 3.05) is 65.5 Å². The molecule has 1 atom stereocenters. The fourth-order valence-corrected chi connectivity index (χ4v) is 4.60. The lowest BCUT2D eigenvalue weighted by molar-refractivity contribution is -0.138. The van der Waals surface area contributed by atoms with E-state index in [9.17, 15) is 14.4 Å². The number of nitrogens with one attached hydrogen (secondary N) is 1. The van der Waals surface area contributed by atoms with Gasteiger partial charge in [0.1, 0.15) is 11.8 Å². The number of methoxy groups -OCH3 is 3. The molecule has 0 saturated carbocycles. The van der Waals surface area contributed by atoms with E-state index in [1.807, 2.05) is 24.3 Å². The van der Waals surface area contributed by atoms with Crippen molar-refractivity contribution in [3.8, 4) is 17.2 Å². The summed E-state index contributed by atoms with van der Waals surface area (Å²) in [6.45, 7) is 3.11. The molecule has 0 bridgehead atoms. The highest BCUT2D eigenvalue weighted by Gasteiger charge is 2.37. The summed E-state index contributed by atoms with van der Waals surface area (Å²) < 4.78 is 15.8. The van der Waals surface area contributed by atoms with E-state index in [2.05, 4.69) is 10.2 Å². The van der Waals surface area contributed by atoms with E-state index < -0.39 is 6.04 Å². The molecular weight excluding hydrogens is 464 g/mol. The van der Waals surface area contributed by atoms with Gasteiger partial charge in [0.15, 0.2) is 11.5 Å². The minimum Gasteiger partial charge on any atom is -0.497 e. The highest BCUT2D eigenvalue weighted by atomic mass is 16.5. The van der Waals surface area contributed by atoms with E-state index in [1.165, 1.54) is 19.1 Å². The third-order valence-electron chi connectivity index (χ3n) is 6.66. The van der Waals surface area contributed by atoms with Crippen LogP contribution in [-0.4, -0.2) is 94.2 Å². The van der Waals surface area contributed by atoms with Crippen LogP contribution in [0.2, 0.25) is 0 Å². The minimum absolute atomic E-state index is 0.0621. The summed E-state index contributed by atoms with van der Waals surface area (Å²) in [5.74, 6) is 0.938. The number of benzene rings is 2. The van der Waals surface area contributed by atoms with Crippen molar-refractivity contribution in [2.24, 2.45) is 0 Å². The van der Waals surface area contributed by atoms with Crippen molar-refractivity contribution >= 4 is 23.4 Å². The zero-order valence-electron chi connectivity index (χ0n) is 20.9. The van der Waals surface area contributed by atoms with Gasteiger partial charge in [-0.3, -0.25) is 14.4 Å². The Kier molecular flexibility index (Phi) is 7.82. The predicted octanol–water partition coefficient (Wildman–Crippen LogP) is 1.39. The van der Waals surface area contributed by atoms with Crippen molar-refractivity contribution in [3.63, 3.8) is 0 Å². The summed E-state index contributed by atoms with van der Waals surface area (Å²) in [4.78, 5) is 44.7. The maximum atomic E-state index is 13.3. The summed E-state index contributed by atoms with van der Waals surface area (Å²) in [6.07, 6.45) is -0.0621. The first kappa shape index (κ1) is 25.2. The van der Waals surface area contributed by atoms with Crippen LogP contribution in [0.15, 0.2) is 42.5 Å². The smallest absolute Gasteiger partial charge is 0.254 e. The van der Waals surface area contributed by atoms with Gasteiger partial charge in [-0.25, -0.2) is 0 Å². The van der Waals surface area contributed by atoms with E-state index >= 15 is 0 Å². The molecule has 4 rings (SSSR count). The Hall–Kier alpha value is -3.95. The van der Waals surface area contributed by atoms with E-state index in [0.717, 1.165) is 11.4 Å². The number of piperazine rings is 2. The molecule has 2 aliphatic heterocycles. The van der Waals surface area contributed by atoms with Crippen LogP contribution < -0.4 is 24.4 Å². The quantitative estimate of drug-likeness (QED) is 0.618. The fourth-order valence-electron chi connectivity index (χ4n) is 4.60. The zero-order chi connectivity index (χ0) is 25.7. The SMILES string of the molecule is COc1ccc(N2CCN(C(=O)C[C@H]3C(=O)NCCN3C(=O)c3ccc(OC)c(OC)c3)CC2)cc1. The number of rotatable bonds is 7. The lowest BCUT2D eigenvalue weighted by Gasteiger charge is -2.39. The molecule has 0 unspecified atom stereocenters. The van der Waals surface area contributed by atoms with Gasteiger partial charge in [-0.1, -0.05) is 0 Å². The Bertz CT molecular complexity index is 1100. The first-order valence-electron chi connectivity index (χ1n) is 11.9. The van der Waals surface area contributed by atoms with Gasteiger partial charge in [0.2, 0.25) is 11.8 Å². The van der Waals surface area contributed by atoms with Crippen molar-refractivity contribution in [3.05, 3.63) is 48.0 Å². The van der Waals surface area contributed by atoms with Crippen molar-refractivity contribution in [1.29, 1.82) is 0 Å². The maximum absolute atomic E-state index is 13.3. The zero-order valence-corrected chi connectivity index (χ0v) is 20.9. The van der Waals surface area contributed by atoms with E-state index in [0.29, 0.717) is 56.3 Å². The van der Waals surface area contributed by atoms with Gasteiger partial charge in [-0.2, -0.15) is 0 Å². The van der Waals surface area contributed by atoms with Crippen LogP contribution in [0.3, 0.4) is 0 Å². The molecule has 1 N–H and O–H groups in total. The summed E-state index contributed by atoms with van der Waals surface area (Å²) >= 11 is 0. The van der Waals surface area contributed by atoms with Crippen LogP contribution in [0.4, 0.5) is 5.69 Å². The van der Waals surface area contributed by atoms with Gasteiger partial charge in [0.25, 0.3) is 5.91 Å². The molecule has 2 aliphatic rings. The van der Waals surface area contributed by atoms with E-state index in [-0.39, 0.29) is 24.1 Å². The van der Waals surface area contributed by atoms with Crippen LogP contribution in [-0.2, 0) is 9.59 Å². The molecule has 2 aromatic rings.